The molecule has 3 nitrogen and oxygen atoms in total. The number of hydrogen-bond donors (Lipinski definition) is 2. The Bertz CT molecular complexity index is 728. The van der Waals surface area contributed by atoms with E-state index in [0.717, 1.165) is 46.5 Å². The molecule has 1 aromatic heterocycles. The van der Waals surface area contributed by atoms with Crippen molar-refractivity contribution in [2.24, 2.45) is 5.73 Å². The number of rotatable bonds is 3. The monoisotopic (exact) mass is 361 g/mol. The molecule has 0 aliphatic heterocycles. The number of nitrogens with zero attached hydrogens (tertiary/aromatic N) is 1. The summed E-state index contributed by atoms with van der Waals surface area (Å²) in [6.07, 6.45) is 3.24. The maximum absolute atomic E-state index is 5.86. The van der Waals surface area contributed by atoms with Gasteiger partial charge in [0.15, 0.2) is 0 Å². The topological polar surface area (TPSA) is 50.9 Å². The zero-order chi connectivity index (χ0) is 15.0. The number of pyridine rings is 1. The van der Waals surface area contributed by atoms with Gasteiger partial charge in [0.2, 0.25) is 0 Å². The fourth-order valence-electron chi connectivity index (χ4n) is 2.60. The van der Waals surface area contributed by atoms with Gasteiger partial charge in [-0.2, -0.15) is 0 Å². The van der Waals surface area contributed by atoms with Gasteiger partial charge in [0.1, 0.15) is 10.8 Å². The van der Waals surface area contributed by atoms with Crippen molar-refractivity contribution in [1.29, 1.82) is 0 Å². The first-order chi connectivity index (χ1) is 10.0. The summed E-state index contributed by atoms with van der Waals surface area (Å²) in [5.41, 5.74) is 11.3. The van der Waals surface area contributed by atoms with Crippen LogP contribution in [0.25, 0.3) is 0 Å². The Labute approximate surface area is 138 Å². The third kappa shape index (κ3) is 2.94. The van der Waals surface area contributed by atoms with E-state index in [4.69, 9.17) is 22.9 Å². The van der Waals surface area contributed by atoms with Gasteiger partial charge in [0, 0.05) is 10.2 Å². The first-order valence-electron chi connectivity index (χ1n) is 6.90. The molecule has 3 N–H and O–H groups in total. The van der Waals surface area contributed by atoms with Crippen molar-refractivity contribution in [3.63, 3.8) is 0 Å². The van der Waals surface area contributed by atoms with Crippen molar-refractivity contribution >= 4 is 44.6 Å². The van der Waals surface area contributed by atoms with Gasteiger partial charge >= 0.3 is 0 Å². The fourth-order valence-corrected chi connectivity index (χ4v) is 3.35. The van der Waals surface area contributed by atoms with E-state index < -0.39 is 0 Å². The van der Waals surface area contributed by atoms with Crippen molar-refractivity contribution in [3.8, 4) is 0 Å². The van der Waals surface area contributed by atoms with Crippen LogP contribution in [0.3, 0.4) is 0 Å². The molecule has 1 heterocycles. The van der Waals surface area contributed by atoms with Crippen LogP contribution < -0.4 is 11.1 Å². The molecule has 0 radical (unpaired) electrons. The number of fused-ring (bicyclic) bond motifs is 1. The molecule has 1 aliphatic carbocycles. The summed E-state index contributed by atoms with van der Waals surface area (Å²) in [4.78, 5) is 5.11. The highest BCUT2D eigenvalue weighted by atomic mass is 79.9. The summed E-state index contributed by atoms with van der Waals surface area (Å²) in [6, 6.07) is 8.23. The van der Waals surface area contributed by atoms with Gasteiger partial charge in [-0.1, -0.05) is 18.3 Å². The molecular formula is C16H16BrN3S. The number of thiocarbonyl (C=S) groups is 1. The summed E-state index contributed by atoms with van der Waals surface area (Å²) in [5.74, 6) is 0.743. The molecule has 0 bridgehead atoms. The lowest BCUT2D eigenvalue weighted by molar-refractivity contribution is 0.900. The Hall–Kier alpha value is -1.46. The van der Waals surface area contributed by atoms with Crippen molar-refractivity contribution in [2.75, 3.05) is 5.32 Å². The number of benzene rings is 1. The molecule has 21 heavy (non-hydrogen) atoms. The van der Waals surface area contributed by atoms with Crippen LogP contribution in [0.1, 0.15) is 28.8 Å². The average Bonchev–Trinajstić information content (AvgIpc) is 2.88. The lowest BCUT2D eigenvalue weighted by Crippen LogP contribution is -2.14. The number of nitrogens with two attached hydrogens (primary N) is 1. The molecule has 2 aromatic rings. The Kier molecular flexibility index (Phi) is 3.95. The molecule has 0 amide bonds. The van der Waals surface area contributed by atoms with Gasteiger partial charge in [-0.3, -0.25) is 0 Å². The Morgan fingerprint density at radius 2 is 2.14 bits per heavy atom. The van der Waals surface area contributed by atoms with E-state index in [1.54, 1.807) is 0 Å². The van der Waals surface area contributed by atoms with Crippen LogP contribution >= 0.6 is 28.1 Å². The maximum Gasteiger partial charge on any atom is 0.140 e. The molecule has 3 rings (SSSR count). The minimum atomic E-state index is 0.378. The van der Waals surface area contributed by atoms with E-state index in [2.05, 4.69) is 46.4 Å². The largest absolute Gasteiger partial charge is 0.389 e. The van der Waals surface area contributed by atoms with Crippen LogP contribution in [0, 0.1) is 6.92 Å². The van der Waals surface area contributed by atoms with Gasteiger partial charge in [0.05, 0.1) is 11.3 Å². The molecule has 0 spiro atoms. The SMILES string of the molecule is Cc1ccc(Nc2nc3c(cc2C(N)=S)CCC3)c(Br)c1. The molecule has 0 saturated carbocycles. The van der Waals surface area contributed by atoms with Gasteiger partial charge in [-0.15, -0.1) is 0 Å². The normalized spacial score (nSPS) is 13.0. The zero-order valence-electron chi connectivity index (χ0n) is 11.7. The first kappa shape index (κ1) is 14.5. The third-order valence-corrected chi connectivity index (χ3v) is 4.57. The minimum absolute atomic E-state index is 0.378. The van der Waals surface area contributed by atoms with E-state index in [1.807, 2.05) is 6.07 Å². The van der Waals surface area contributed by atoms with Crippen molar-refractivity contribution < 1.29 is 0 Å². The molecule has 0 unspecified atom stereocenters. The number of hydrogen-bond acceptors (Lipinski definition) is 3. The van der Waals surface area contributed by atoms with Crippen LogP contribution in [0.15, 0.2) is 28.7 Å². The summed E-state index contributed by atoms with van der Waals surface area (Å²) < 4.78 is 0.999. The molecule has 0 atom stereocenters. The summed E-state index contributed by atoms with van der Waals surface area (Å²) in [5, 5.41) is 3.35. The highest BCUT2D eigenvalue weighted by molar-refractivity contribution is 9.10. The van der Waals surface area contributed by atoms with E-state index in [1.165, 1.54) is 11.1 Å². The summed E-state index contributed by atoms with van der Waals surface area (Å²) in [6.45, 7) is 2.06. The summed E-state index contributed by atoms with van der Waals surface area (Å²) in [7, 11) is 0. The lowest BCUT2D eigenvalue weighted by Gasteiger charge is -2.14. The first-order valence-corrected chi connectivity index (χ1v) is 8.10. The second kappa shape index (κ2) is 5.73. The molecule has 1 aliphatic rings. The van der Waals surface area contributed by atoms with Crippen LogP contribution in [-0.2, 0) is 12.8 Å². The van der Waals surface area contributed by atoms with Gasteiger partial charge in [-0.25, -0.2) is 4.98 Å². The maximum atomic E-state index is 5.86. The summed E-state index contributed by atoms with van der Waals surface area (Å²) >= 11 is 8.75. The van der Waals surface area contributed by atoms with Crippen molar-refractivity contribution in [1.82, 2.24) is 4.98 Å². The number of halogens is 1. The highest BCUT2D eigenvalue weighted by Crippen LogP contribution is 2.30. The molecule has 0 fully saturated rings. The van der Waals surface area contributed by atoms with Crippen LogP contribution in [-0.4, -0.2) is 9.97 Å². The fraction of sp³-hybridized carbons (Fsp3) is 0.250. The third-order valence-electron chi connectivity index (χ3n) is 3.69. The van der Waals surface area contributed by atoms with Crippen molar-refractivity contribution in [2.45, 2.75) is 26.2 Å². The lowest BCUT2D eigenvalue weighted by atomic mass is 10.1. The Morgan fingerprint density at radius 1 is 1.33 bits per heavy atom. The molecular weight excluding hydrogens is 346 g/mol. The second-order valence-corrected chi connectivity index (χ2v) is 6.61. The van der Waals surface area contributed by atoms with E-state index >= 15 is 0 Å². The van der Waals surface area contributed by atoms with Gasteiger partial charge in [0.25, 0.3) is 0 Å². The Morgan fingerprint density at radius 3 is 2.86 bits per heavy atom. The molecule has 108 valence electrons. The number of anilines is 2. The van der Waals surface area contributed by atoms with Gasteiger partial charge < -0.3 is 11.1 Å². The average molecular weight is 362 g/mol. The van der Waals surface area contributed by atoms with E-state index in [-0.39, 0.29) is 0 Å². The smallest absolute Gasteiger partial charge is 0.140 e. The second-order valence-electron chi connectivity index (χ2n) is 5.32. The molecule has 1 aromatic carbocycles. The van der Waals surface area contributed by atoms with Crippen LogP contribution in [0.4, 0.5) is 11.5 Å². The quantitative estimate of drug-likeness (QED) is 0.810. The van der Waals surface area contributed by atoms with E-state index in [0.29, 0.717) is 4.99 Å². The Balaban J connectivity index is 2.03. The number of aromatic nitrogens is 1. The predicted octanol–water partition coefficient (Wildman–Crippen LogP) is 4.02. The minimum Gasteiger partial charge on any atom is -0.389 e. The van der Waals surface area contributed by atoms with Crippen molar-refractivity contribution in [3.05, 3.63) is 51.1 Å². The molecule has 5 heteroatoms. The predicted molar refractivity (Wildman–Crippen MR) is 94.3 cm³/mol. The van der Waals surface area contributed by atoms with Crippen LogP contribution in [0.5, 0.6) is 0 Å². The standard InChI is InChI=1S/C16H16BrN3S/c1-9-5-6-14(12(17)7-9)20-16-11(15(18)21)8-10-3-2-4-13(10)19-16/h5-8H,2-4H2,1H3,(H2,18,21)(H,19,20). The number of nitrogens with one attached hydrogen (secondary N) is 1. The zero-order valence-corrected chi connectivity index (χ0v) is 14.1. The molecule has 0 saturated heterocycles. The number of aryl methyl sites for hydroxylation is 3. The van der Waals surface area contributed by atoms with E-state index in [9.17, 15) is 0 Å². The van der Waals surface area contributed by atoms with Crippen LogP contribution in [0.2, 0.25) is 0 Å². The highest BCUT2D eigenvalue weighted by Gasteiger charge is 2.18. The van der Waals surface area contributed by atoms with Gasteiger partial charge in [-0.05, 0) is 71.4 Å².